The largest absolute Gasteiger partial charge is 0.396 e. The monoisotopic (exact) mass is 252 g/mol. The minimum absolute atomic E-state index is 0.0292. The van der Waals surface area contributed by atoms with Crippen LogP contribution in [0.4, 0.5) is 0 Å². The predicted molar refractivity (Wildman–Crippen MR) is 71.5 cm³/mol. The maximum Gasteiger partial charge on any atom is 0.0514 e. The van der Waals surface area contributed by atoms with Crippen LogP contribution in [0.3, 0.4) is 0 Å². The molecule has 1 aliphatic rings. The summed E-state index contributed by atoms with van der Waals surface area (Å²) in [6.07, 6.45) is 3.68. The molecule has 0 heterocycles. The van der Waals surface area contributed by atoms with E-state index < -0.39 is 0 Å². The third-order valence-electron chi connectivity index (χ3n) is 3.42. The topological polar surface area (TPSA) is 40.5 Å². The van der Waals surface area contributed by atoms with Gasteiger partial charge >= 0.3 is 0 Å². The first-order chi connectivity index (χ1) is 8.17. The molecule has 0 saturated carbocycles. The second-order valence-corrected chi connectivity index (χ2v) is 6.25. The standard InChI is InChI=1S/C14H20O2S/c1-14(8-15,9-16)10-17-13-6-5-11-3-2-4-12(11)7-13/h5-7,15-16H,2-4,8-10H2,1H3. The lowest BCUT2D eigenvalue weighted by atomic mass is 9.96. The number of aliphatic hydroxyl groups is 2. The number of benzene rings is 1. The molecule has 94 valence electrons. The molecule has 2 rings (SSSR count). The maximum atomic E-state index is 9.24. The molecule has 0 fully saturated rings. The Balaban J connectivity index is 2.00. The highest BCUT2D eigenvalue weighted by Gasteiger charge is 2.22. The van der Waals surface area contributed by atoms with Crippen molar-refractivity contribution < 1.29 is 10.2 Å². The van der Waals surface area contributed by atoms with Crippen molar-refractivity contribution in [3.8, 4) is 0 Å². The summed E-state index contributed by atoms with van der Waals surface area (Å²) in [6, 6.07) is 6.64. The quantitative estimate of drug-likeness (QED) is 0.790. The maximum absolute atomic E-state index is 9.24. The van der Waals surface area contributed by atoms with Crippen molar-refractivity contribution in [1.29, 1.82) is 0 Å². The van der Waals surface area contributed by atoms with Gasteiger partial charge in [-0.15, -0.1) is 11.8 Å². The first kappa shape index (κ1) is 12.9. The van der Waals surface area contributed by atoms with E-state index in [9.17, 15) is 10.2 Å². The predicted octanol–water partition coefficient (Wildman–Crippen LogP) is 2.26. The van der Waals surface area contributed by atoms with Gasteiger partial charge in [-0.05, 0) is 42.5 Å². The number of thioether (sulfide) groups is 1. The van der Waals surface area contributed by atoms with Crippen molar-refractivity contribution >= 4 is 11.8 Å². The minimum Gasteiger partial charge on any atom is -0.396 e. The number of aliphatic hydroxyl groups excluding tert-OH is 2. The fraction of sp³-hybridized carbons (Fsp3) is 0.571. The molecule has 1 aromatic carbocycles. The van der Waals surface area contributed by atoms with Gasteiger partial charge in [0.05, 0.1) is 13.2 Å². The molecule has 0 saturated heterocycles. The van der Waals surface area contributed by atoms with E-state index in [1.807, 2.05) is 6.92 Å². The zero-order valence-electron chi connectivity index (χ0n) is 10.3. The molecule has 2 nitrogen and oxygen atoms in total. The van der Waals surface area contributed by atoms with Crippen molar-refractivity contribution in [2.24, 2.45) is 5.41 Å². The molecule has 0 amide bonds. The number of hydrogen-bond acceptors (Lipinski definition) is 3. The average molecular weight is 252 g/mol. The van der Waals surface area contributed by atoms with Crippen LogP contribution in [0.2, 0.25) is 0 Å². The summed E-state index contributed by atoms with van der Waals surface area (Å²) in [5.74, 6) is 0.749. The second kappa shape index (κ2) is 5.42. The first-order valence-electron chi connectivity index (χ1n) is 6.13. The van der Waals surface area contributed by atoms with Crippen LogP contribution in [0.1, 0.15) is 24.5 Å². The van der Waals surface area contributed by atoms with Gasteiger partial charge in [0.2, 0.25) is 0 Å². The molecular weight excluding hydrogens is 232 g/mol. The lowest BCUT2D eigenvalue weighted by Gasteiger charge is -2.23. The molecule has 0 aromatic heterocycles. The second-order valence-electron chi connectivity index (χ2n) is 5.20. The fourth-order valence-corrected chi connectivity index (χ4v) is 3.12. The SMILES string of the molecule is CC(CO)(CO)CSc1ccc2c(c1)CCC2. The zero-order valence-corrected chi connectivity index (χ0v) is 11.1. The first-order valence-corrected chi connectivity index (χ1v) is 7.12. The van der Waals surface area contributed by atoms with Crippen molar-refractivity contribution in [2.75, 3.05) is 19.0 Å². The molecule has 0 unspecified atom stereocenters. The van der Waals surface area contributed by atoms with Gasteiger partial charge in [-0.1, -0.05) is 13.0 Å². The van der Waals surface area contributed by atoms with E-state index in [1.54, 1.807) is 11.8 Å². The van der Waals surface area contributed by atoms with E-state index in [0.717, 1.165) is 5.75 Å². The fourth-order valence-electron chi connectivity index (χ4n) is 2.04. The smallest absolute Gasteiger partial charge is 0.0514 e. The summed E-state index contributed by atoms with van der Waals surface area (Å²) in [5, 5.41) is 18.5. The van der Waals surface area contributed by atoms with Crippen molar-refractivity contribution in [3.63, 3.8) is 0 Å². The van der Waals surface area contributed by atoms with Crippen LogP contribution in [-0.2, 0) is 12.8 Å². The summed E-state index contributed by atoms with van der Waals surface area (Å²) in [7, 11) is 0. The number of aryl methyl sites for hydroxylation is 2. The third kappa shape index (κ3) is 3.03. The van der Waals surface area contributed by atoms with E-state index in [4.69, 9.17) is 0 Å². The van der Waals surface area contributed by atoms with Gasteiger partial charge < -0.3 is 10.2 Å². The number of rotatable bonds is 5. The van der Waals surface area contributed by atoms with E-state index in [-0.39, 0.29) is 18.6 Å². The molecule has 2 N–H and O–H groups in total. The van der Waals surface area contributed by atoms with Gasteiger partial charge in [-0.25, -0.2) is 0 Å². The van der Waals surface area contributed by atoms with Crippen molar-refractivity contribution in [1.82, 2.24) is 0 Å². The van der Waals surface area contributed by atoms with Gasteiger partial charge in [0.1, 0.15) is 0 Å². The third-order valence-corrected chi connectivity index (χ3v) is 4.85. The Kier molecular flexibility index (Phi) is 4.13. The molecule has 0 spiro atoms. The van der Waals surface area contributed by atoms with E-state index in [2.05, 4.69) is 18.2 Å². The number of fused-ring (bicyclic) bond motifs is 1. The summed E-state index contributed by atoms with van der Waals surface area (Å²) in [5.41, 5.74) is 2.58. The Bertz CT molecular complexity index is 386. The highest BCUT2D eigenvalue weighted by molar-refractivity contribution is 7.99. The molecule has 0 radical (unpaired) electrons. The zero-order chi connectivity index (χ0) is 12.3. The average Bonchev–Trinajstić information content (AvgIpc) is 2.83. The van der Waals surface area contributed by atoms with Crippen molar-refractivity contribution in [2.45, 2.75) is 31.1 Å². The Hall–Kier alpha value is -0.510. The lowest BCUT2D eigenvalue weighted by molar-refractivity contribution is 0.0895. The molecule has 0 bridgehead atoms. The van der Waals surface area contributed by atoms with Gasteiger partial charge in [-0.2, -0.15) is 0 Å². The normalized spacial score (nSPS) is 15.0. The summed E-state index contributed by atoms with van der Waals surface area (Å²) >= 11 is 1.72. The van der Waals surface area contributed by atoms with Gasteiger partial charge in [0.25, 0.3) is 0 Å². The molecule has 1 aromatic rings. The molecule has 0 atom stereocenters. The van der Waals surface area contributed by atoms with Crippen LogP contribution in [0.5, 0.6) is 0 Å². The van der Waals surface area contributed by atoms with Gasteiger partial charge in [0.15, 0.2) is 0 Å². The van der Waals surface area contributed by atoms with E-state index in [1.165, 1.54) is 35.3 Å². The number of hydrogen-bond donors (Lipinski definition) is 2. The Morgan fingerprint density at radius 3 is 2.59 bits per heavy atom. The summed E-state index contributed by atoms with van der Waals surface area (Å²) in [6.45, 7) is 1.97. The van der Waals surface area contributed by atoms with Crippen molar-refractivity contribution in [3.05, 3.63) is 29.3 Å². The van der Waals surface area contributed by atoms with Crippen LogP contribution in [0.15, 0.2) is 23.1 Å². The molecule has 17 heavy (non-hydrogen) atoms. The van der Waals surface area contributed by atoms with Crippen LogP contribution < -0.4 is 0 Å². The highest BCUT2D eigenvalue weighted by Crippen LogP contribution is 2.31. The van der Waals surface area contributed by atoms with E-state index in [0.29, 0.717) is 0 Å². The summed E-state index contributed by atoms with van der Waals surface area (Å²) < 4.78 is 0. The molecule has 3 heteroatoms. The molecule has 1 aliphatic carbocycles. The highest BCUT2D eigenvalue weighted by atomic mass is 32.2. The van der Waals surface area contributed by atoms with Gasteiger partial charge in [0, 0.05) is 16.1 Å². The van der Waals surface area contributed by atoms with Crippen LogP contribution in [0.25, 0.3) is 0 Å². The Morgan fingerprint density at radius 1 is 1.18 bits per heavy atom. The van der Waals surface area contributed by atoms with Crippen LogP contribution in [0, 0.1) is 5.41 Å². The summed E-state index contributed by atoms with van der Waals surface area (Å²) in [4.78, 5) is 1.25. The minimum atomic E-state index is -0.385. The Morgan fingerprint density at radius 2 is 1.88 bits per heavy atom. The molecule has 0 aliphatic heterocycles. The lowest BCUT2D eigenvalue weighted by Crippen LogP contribution is -2.28. The van der Waals surface area contributed by atoms with Crippen LogP contribution in [-0.4, -0.2) is 29.2 Å². The molecular formula is C14H20O2S. The Labute approximate surface area is 107 Å². The van der Waals surface area contributed by atoms with Gasteiger partial charge in [-0.3, -0.25) is 0 Å². The van der Waals surface area contributed by atoms with Crippen LogP contribution >= 0.6 is 11.8 Å². The van der Waals surface area contributed by atoms with E-state index >= 15 is 0 Å².